The molecule has 172 valence electrons. The van der Waals surface area contributed by atoms with Crippen LogP contribution in [0.4, 0.5) is 5.69 Å². The van der Waals surface area contributed by atoms with E-state index in [0.717, 1.165) is 48.0 Å². The lowest BCUT2D eigenvalue weighted by Crippen LogP contribution is -2.26. The minimum Gasteiger partial charge on any atom is -0.339 e. The molecule has 0 radical (unpaired) electrons. The standard InChI is InChI=1S/C26H25N5O3/c1-16-26(33)31(20-9-5-6-10-20)22-12-11-17(13-21(22)27-16)24-28-25(34-29-24)18-14-23(32)30(15-18)19-7-3-2-4-8-19/h2-4,7-8,11-13,18,20H,5-6,9-10,14-15H2,1H3/t18-/m1/s1. The third-order valence-electron chi connectivity index (χ3n) is 6.98. The summed E-state index contributed by atoms with van der Waals surface area (Å²) >= 11 is 0. The molecule has 34 heavy (non-hydrogen) atoms. The van der Waals surface area contributed by atoms with Crippen molar-refractivity contribution in [2.75, 3.05) is 11.4 Å². The number of aryl methyl sites for hydroxylation is 1. The van der Waals surface area contributed by atoms with Crippen LogP contribution >= 0.6 is 0 Å². The molecule has 8 heteroatoms. The smallest absolute Gasteiger partial charge is 0.272 e. The molecule has 1 aliphatic carbocycles. The van der Waals surface area contributed by atoms with E-state index in [1.54, 1.807) is 11.8 Å². The maximum atomic E-state index is 12.9. The van der Waals surface area contributed by atoms with E-state index in [4.69, 9.17) is 4.52 Å². The number of rotatable bonds is 4. The Morgan fingerprint density at radius 2 is 1.79 bits per heavy atom. The molecule has 1 aliphatic heterocycles. The van der Waals surface area contributed by atoms with Gasteiger partial charge in [-0.05, 0) is 50.1 Å². The summed E-state index contributed by atoms with van der Waals surface area (Å²) in [6, 6.07) is 15.6. The van der Waals surface area contributed by atoms with Gasteiger partial charge in [-0.3, -0.25) is 9.59 Å². The number of para-hydroxylation sites is 1. The van der Waals surface area contributed by atoms with Gasteiger partial charge in [-0.15, -0.1) is 0 Å². The zero-order valence-corrected chi connectivity index (χ0v) is 19.0. The SMILES string of the molecule is Cc1nc2cc(-c3noc([C@@H]4CC(=O)N(c5ccccc5)C4)n3)ccc2n(C2CCCC2)c1=O. The Labute approximate surface area is 196 Å². The van der Waals surface area contributed by atoms with Gasteiger partial charge in [0.25, 0.3) is 5.56 Å². The summed E-state index contributed by atoms with van der Waals surface area (Å²) in [4.78, 5) is 36.4. The molecular weight excluding hydrogens is 430 g/mol. The molecule has 3 heterocycles. The third kappa shape index (κ3) is 3.50. The van der Waals surface area contributed by atoms with Crippen LogP contribution in [-0.4, -0.2) is 32.1 Å². The third-order valence-corrected chi connectivity index (χ3v) is 6.98. The van der Waals surface area contributed by atoms with Gasteiger partial charge in [0.1, 0.15) is 5.69 Å². The fourth-order valence-electron chi connectivity index (χ4n) is 5.24. The molecule has 0 bridgehead atoms. The Morgan fingerprint density at radius 1 is 1.00 bits per heavy atom. The second-order valence-corrected chi connectivity index (χ2v) is 9.21. The fraction of sp³-hybridized carbons (Fsp3) is 0.346. The van der Waals surface area contributed by atoms with E-state index in [-0.39, 0.29) is 23.4 Å². The second-order valence-electron chi connectivity index (χ2n) is 9.21. The van der Waals surface area contributed by atoms with Gasteiger partial charge in [-0.2, -0.15) is 4.98 Å². The number of aromatic nitrogens is 4. The normalized spacial score (nSPS) is 18.9. The molecule has 0 unspecified atom stereocenters. The van der Waals surface area contributed by atoms with Gasteiger partial charge in [-0.1, -0.05) is 36.2 Å². The summed E-state index contributed by atoms with van der Waals surface area (Å²) in [6.07, 6.45) is 4.68. The van der Waals surface area contributed by atoms with E-state index in [0.29, 0.717) is 30.4 Å². The zero-order chi connectivity index (χ0) is 23.2. The first kappa shape index (κ1) is 20.8. The summed E-state index contributed by atoms with van der Waals surface area (Å²) in [5, 5.41) is 4.19. The first-order valence-corrected chi connectivity index (χ1v) is 11.8. The lowest BCUT2D eigenvalue weighted by molar-refractivity contribution is -0.117. The number of carbonyl (C=O) groups excluding carboxylic acids is 1. The van der Waals surface area contributed by atoms with E-state index in [2.05, 4.69) is 15.1 Å². The number of amides is 1. The van der Waals surface area contributed by atoms with Crippen molar-refractivity contribution in [3.63, 3.8) is 0 Å². The predicted octanol–water partition coefficient (Wildman–Crippen LogP) is 4.39. The van der Waals surface area contributed by atoms with Crippen LogP contribution in [0.1, 0.15) is 55.6 Å². The Kier molecular flexibility index (Phi) is 5.01. The van der Waals surface area contributed by atoms with Crippen molar-refractivity contribution >= 4 is 22.6 Å². The van der Waals surface area contributed by atoms with Crippen molar-refractivity contribution in [2.24, 2.45) is 0 Å². The van der Waals surface area contributed by atoms with E-state index in [9.17, 15) is 9.59 Å². The molecule has 0 spiro atoms. The number of nitrogens with zero attached hydrogens (tertiary/aromatic N) is 5. The molecule has 1 amide bonds. The van der Waals surface area contributed by atoms with Crippen LogP contribution < -0.4 is 10.5 Å². The van der Waals surface area contributed by atoms with Crippen molar-refractivity contribution in [3.8, 4) is 11.4 Å². The molecule has 2 aromatic carbocycles. The summed E-state index contributed by atoms with van der Waals surface area (Å²) in [7, 11) is 0. The van der Waals surface area contributed by atoms with Gasteiger partial charge >= 0.3 is 0 Å². The number of hydrogen-bond donors (Lipinski definition) is 0. The number of carbonyl (C=O) groups is 1. The van der Waals surface area contributed by atoms with Crippen LogP contribution in [0.2, 0.25) is 0 Å². The molecule has 1 saturated heterocycles. The van der Waals surface area contributed by atoms with Crippen LogP contribution in [0, 0.1) is 6.92 Å². The topological polar surface area (TPSA) is 94.1 Å². The van der Waals surface area contributed by atoms with Gasteiger partial charge in [0, 0.05) is 30.3 Å². The molecular formula is C26H25N5O3. The highest BCUT2D eigenvalue weighted by molar-refractivity contribution is 5.96. The number of benzene rings is 2. The summed E-state index contributed by atoms with van der Waals surface area (Å²) in [5.41, 5.74) is 3.72. The molecule has 1 atom stereocenters. The van der Waals surface area contributed by atoms with Crippen LogP contribution in [0.15, 0.2) is 57.8 Å². The van der Waals surface area contributed by atoms with Crippen LogP contribution in [-0.2, 0) is 4.79 Å². The van der Waals surface area contributed by atoms with Gasteiger partial charge in [-0.25, -0.2) is 4.98 Å². The average Bonchev–Trinajstić information content (AvgIpc) is 3.61. The van der Waals surface area contributed by atoms with Gasteiger partial charge in [0.15, 0.2) is 0 Å². The number of anilines is 1. The largest absolute Gasteiger partial charge is 0.339 e. The van der Waals surface area contributed by atoms with Crippen LogP contribution in [0.3, 0.4) is 0 Å². The quantitative estimate of drug-likeness (QED) is 0.453. The fourth-order valence-corrected chi connectivity index (χ4v) is 5.24. The first-order valence-electron chi connectivity index (χ1n) is 11.8. The minimum absolute atomic E-state index is 0.0112. The Hall–Kier alpha value is -3.81. The zero-order valence-electron chi connectivity index (χ0n) is 19.0. The van der Waals surface area contributed by atoms with Crippen molar-refractivity contribution in [1.29, 1.82) is 0 Å². The number of hydrogen-bond acceptors (Lipinski definition) is 6. The molecule has 2 fully saturated rings. The average molecular weight is 456 g/mol. The first-order chi connectivity index (χ1) is 16.6. The molecule has 1 saturated carbocycles. The minimum atomic E-state index is -0.151. The molecule has 0 N–H and O–H groups in total. The second kappa shape index (κ2) is 8.20. The molecule has 8 nitrogen and oxygen atoms in total. The maximum Gasteiger partial charge on any atom is 0.272 e. The monoisotopic (exact) mass is 455 g/mol. The molecule has 2 aliphatic rings. The van der Waals surface area contributed by atoms with Gasteiger partial charge in [0.2, 0.25) is 17.6 Å². The highest BCUT2D eigenvalue weighted by Crippen LogP contribution is 2.33. The van der Waals surface area contributed by atoms with E-state index < -0.39 is 0 Å². The molecule has 4 aromatic rings. The van der Waals surface area contributed by atoms with Crippen LogP contribution in [0.5, 0.6) is 0 Å². The summed E-state index contributed by atoms with van der Waals surface area (Å²) < 4.78 is 7.49. The molecule has 6 rings (SSSR count). The van der Waals surface area contributed by atoms with Gasteiger partial charge < -0.3 is 14.0 Å². The number of fused-ring (bicyclic) bond motifs is 1. The Balaban J connectivity index is 1.31. The van der Waals surface area contributed by atoms with Crippen LogP contribution in [0.25, 0.3) is 22.4 Å². The lowest BCUT2D eigenvalue weighted by Gasteiger charge is -2.17. The highest BCUT2D eigenvalue weighted by Gasteiger charge is 2.35. The van der Waals surface area contributed by atoms with E-state index in [1.807, 2.05) is 53.1 Å². The van der Waals surface area contributed by atoms with E-state index >= 15 is 0 Å². The Morgan fingerprint density at radius 3 is 2.59 bits per heavy atom. The van der Waals surface area contributed by atoms with E-state index in [1.165, 1.54) is 0 Å². The maximum absolute atomic E-state index is 12.9. The molecule has 2 aromatic heterocycles. The Bertz CT molecular complexity index is 1440. The van der Waals surface area contributed by atoms with Gasteiger partial charge in [0.05, 0.1) is 17.0 Å². The summed E-state index contributed by atoms with van der Waals surface area (Å²) in [5.74, 6) is 0.816. The lowest BCUT2D eigenvalue weighted by atomic mass is 10.1. The summed E-state index contributed by atoms with van der Waals surface area (Å²) in [6.45, 7) is 2.28. The van der Waals surface area contributed by atoms with Crippen molar-refractivity contribution < 1.29 is 9.32 Å². The predicted molar refractivity (Wildman–Crippen MR) is 128 cm³/mol. The highest BCUT2D eigenvalue weighted by atomic mass is 16.5. The van der Waals surface area contributed by atoms with Crippen molar-refractivity contribution in [3.05, 3.63) is 70.5 Å². The van der Waals surface area contributed by atoms with Crippen molar-refractivity contribution in [1.82, 2.24) is 19.7 Å². The van der Waals surface area contributed by atoms with Crippen molar-refractivity contribution in [2.45, 2.75) is 51.0 Å².